The average Bonchev–Trinajstić information content (AvgIpc) is 2.34. The Hall–Kier alpha value is -1.83. The summed E-state index contributed by atoms with van der Waals surface area (Å²) >= 11 is 0. The highest BCUT2D eigenvalue weighted by Crippen LogP contribution is 2.10. The largest absolute Gasteiger partial charge is 0.480 e. The van der Waals surface area contributed by atoms with E-state index in [2.05, 4.69) is 5.32 Å². The molecule has 0 aromatic heterocycles. The molecule has 0 aromatic rings. The SMILES string of the molecule is NC(=O)CC[C@@H](NC(=O)N1CCC(O)CC1)C(=O)O. The molecule has 0 saturated carbocycles. The highest BCUT2D eigenvalue weighted by atomic mass is 16.4. The third kappa shape index (κ3) is 5.12. The van der Waals surface area contributed by atoms with E-state index in [-0.39, 0.29) is 12.8 Å². The number of nitrogens with one attached hydrogen (secondary N) is 1. The van der Waals surface area contributed by atoms with Crippen LogP contribution < -0.4 is 11.1 Å². The molecule has 0 spiro atoms. The number of carboxylic acids is 1. The Morgan fingerprint density at radius 1 is 1.32 bits per heavy atom. The van der Waals surface area contributed by atoms with E-state index in [1.807, 2.05) is 0 Å². The van der Waals surface area contributed by atoms with Crippen LogP contribution in [-0.4, -0.2) is 58.3 Å². The minimum absolute atomic E-state index is 0.0348. The lowest BCUT2D eigenvalue weighted by molar-refractivity contribution is -0.139. The predicted octanol–water partition coefficient (Wildman–Crippen LogP) is -1.13. The molecule has 1 atom stereocenters. The zero-order valence-corrected chi connectivity index (χ0v) is 10.5. The van der Waals surface area contributed by atoms with Gasteiger partial charge in [-0.25, -0.2) is 9.59 Å². The van der Waals surface area contributed by atoms with Crippen molar-refractivity contribution in [3.63, 3.8) is 0 Å². The highest BCUT2D eigenvalue weighted by molar-refractivity contribution is 5.83. The molecule has 0 bridgehead atoms. The fraction of sp³-hybridized carbons (Fsp3) is 0.727. The van der Waals surface area contributed by atoms with Crippen LogP contribution in [0, 0.1) is 0 Å². The van der Waals surface area contributed by atoms with Gasteiger partial charge in [0.2, 0.25) is 5.91 Å². The number of carbonyl (C=O) groups excluding carboxylic acids is 2. The molecule has 0 aliphatic carbocycles. The number of aliphatic hydroxyl groups is 1. The van der Waals surface area contributed by atoms with E-state index in [1.54, 1.807) is 0 Å². The van der Waals surface area contributed by atoms with E-state index in [9.17, 15) is 19.5 Å². The predicted molar refractivity (Wildman–Crippen MR) is 65.2 cm³/mol. The third-order valence-corrected chi connectivity index (χ3v) is 3.03. The number of piperidine rings is 1. The molecule has 1 fully saturated rings. The Kier molecular flexibility index (Phi) is 5.56. The van der Waals surface area contributed by atoms with Crippen molar-refractivity contribution in [2.75, 3.05) is 13.1 Å². The summed E-state index contributed by atoms with van der Waals surface area (Å²) in [6, 6.07) is -1.63. The number of amides is 3. The van der Waals surface area contributed by atoms with Gasteiger partial charge in [0.05, 0.1) is 6.10 Å². The van der Waals surface area contributed by atoms with E-state index in [1.165, 1.54) is 4.90 Å². The number of nitrogens with two attached hydrogens (primary N) is 1. The van der Waals surface area contributed by atoms with Crippen LogP contribution >= 0.6 is 0 Å². The van der Waals surface area contributed by atoms with Crippen LogP contribution in [-0.2, 0) is 9.59 Å². The number of aliphatic hydroxyl groups excluding tert-OH is 1. The molecule has 8 heteroatoms. The molecule has 1 saturated heterocycles. The first kappa shape index (κ1) is 15.2. The monoisotopic (exact) mass is 273 g/mol. The molecular formula is C11H19N3O5. The minimum Gasteiger partial charge on any atom is -0.480 e. The third-order valence-electron chi connectivity index (χ3n) is 3.03. The Balaban J connectivity index is 2.46. The number of aliphatic carboxylic acids is 1. The maximum Gasteiger partial charge on any atom is 0.326 e. The molecule has 8 nitrogen and oxygen atoms in total. The van der Waals surface area contributed by atoms with Gasteiger partial charge in [0.15, 0.2) is 0 Å². The first-order chi connectivity index (χ1) is 8.90. The van der Waals surface area contributed by atoms with Crippen LogP contribution in [0.3, 0.4) is 0 Å². The number of hydrogen-bond donors (Lipinski definition) is 4. The number of primary amides is 1. The summed E-state index contributed by atoms with van der Waals surface area (Å²) in [4.78, 5) is 34.9. The summed E-state index contributed by atoms with van der Waals surface area (Å²) in [5, 5.41) is 20.6. The fourth-order valence-electron chi connectivity index (χ4n) is 1.85. The van der Waals surface area contributed by atoms with E-state index in [4.69, 9.17) is 10.8 Å². The number of hydrogen-bond acceptors (Lipinski definition) is 4. The Morgan fingerprint density at radius 3 is 2.37 bits per heavy atom. The summed E-state index contributed by atoms with van der Waals surface area (Å²) in [7, 11) is 0. The lowest BCUT2D eigenvalue weighted by Crippen LogP contribution is -2.50. The first-order valence-corrected chi connectivity index (χ1v) is 6.14. The van der Waals surface area contributed by atoms with Gasteiger partial charge >= 0.3 is 12.0 Å². The Morgan fingerprint density at radius 2 is 1.89 bits per heavy atom. The summed E-state index contributed by atoms with van der Waals surface area (Å²) in [5.41, 5.74) is 4.95. The molecule has 0 radical (unpaired) electrons. The van der Waals surface area contributed by atoms with Crippen molar-refractivity contribution in [3.8, 4) is 0 Å². The van der Waals surface area contributed by atoms with Crippen LogP contribution in [0.25, 0.3) is 0 Å². The van der Waals surface area contributed by atoms with Crippen LogP contribution in [0.15, 0.2) is 0 Å². The molecule has 1 heterocycles. The second kappa shape index (κ2) is 6.93. The van der Waals surface area contributed by atoms with Gasteiger partial charge in [-0.1, -0.05) is 0 Å². The van der Waals surface area contributed by atoms with Crippen LogP contribution in [0.2, 0.25) is 0 Å². The molecule has 108 valence electrons. The Labute approximate surface area is 110 Å². The molecule has 1 rings (SSSR count). The molecule has 5 N–H and O–H groups in total. The number of carbonyl (C=O) groups is 3. The Bertz CT molecular complexity index is 352. The second-order valence-corrected chi connectivity index (χ2v) is 4.56. The van der Waals surface area contributed by atoms with Gasteiger partial charge < -0.3 is 26.2 Å². The van der Waals surface area contributed by atoms with Crippen LogP contribution in [0.5, 0.6) is 0 Å². The lowest BCUT2D eigenvalue weighted by atomic mass is 10.1. The molecule has 1 aliphatic rings. The van der Waals surface area contributed by atoms with E-state index in [0.29, 0.717) is 25.9 Å². The fourth-order valence-corrected chi connectivity index (χ4v) is 1.85. The van der Waals surface area contributed by atoms with Crippen molar-refractivity contribution in [1.82, 2.24) is 10.2 Å². The van der Waals surface area contributed by atoms with E-state index >= 15 is 0 Å². The van der Waals surface area contributed by atoms with Crippen molar-refractivity contribution in [1.29, 1.82) is 0 Å². The maximum atomic E-state index is 11.8. The molecule has 1 aliphatic heterocycles. The summed E-state index contributed by atoms with van der Waals surface area (Å²) in [6.07, 6.45) is 0.413. The van der Waals surface area contributed by atoms with Crippen molar-refractivity contribution >= 4 is 17.9 Å². The summed E-state index contributed by atoms with van der Waals surface area (Å²) < 4.78 is 0. The topological polar surface area (TPSA) is 133 Å². The highest BCUT2D eigenvalue weighted by Gasteiger charge is 2.26. The average molecular weight is 273 g/mol. The van der Waals surface area contributed by atoms with Crippen molar-refractivity contribution in [2.45, 2.75) is 37.8 Å². The van der Waals surface area contributed by atoms with Crippen molar-refractivity contribution in [3.05, 3.63) is 0 Å². The molecule has 19 heavy (non-hydrogen) atoms. The minimum atomic E-state index is -1.20. The van der Waals surface area contributed by atoms with Gasteiger partial charge in [0, 0.05) is 19.5 Å². The number of carboxylic acid groups (broad SMARTS) is 1. The number of nitrogens with zero attached hydrogens (tertiary/aromatic N) is 1. The lowest BCUT2D eigenvalue weighted by Gasteiger charge is -2.30. The van der Waals surface area contributed by atoms with Gasteiger partial charge in [-0.15, -0.1) is 0 Å². The van der Waals surface area contributed by atoms with Gasteiger partial charge in [0.1, 0.15) is 6.04 Å². The van der Waals surface area contributed by atoms with Gasteiger partial charge in [-0.05, 0) is 19.3 Å². The van der Waals surface area contributed by atoms with E-state index in [0.717, 1.165) is 0 Å². The first-order valence-electron chi connectivity index (χ1n) is 6.14. The van der Waals surface area contributed by atoms with Gasteiger partial charge in [0.25, 0.3) is 0 Å². The van der Waals surface area contributed by atoms with Gasteiger partial charge in [-0.2, -0.15) is 0 Å². The van der Waals surface area contributed by atoms with Crippen molar-refractivity contribution in [2.24, 2.45) is 5.73 Å². The second-order valence-electron chi connectivity index (χ2n) is 4.56. The van der Waals surface area contributed by atoms with Gasteiger partial charge in [-0.3, -0.25) is 4.79 Å². The quantitative estimate of drug-likeness (QED) is 0.503. The molecule has 0 unspecified atom stereocenters. The van der Waals surface area contributed by atoms with E-state index < -0.39 is 30.1 Å². The van der Waals surface area contributed by atoms with Crippen LogP contribution in [0.4, 0.5) is 4.79 Å². The molecule has 0 aromatic carbocycles. The molecular weight excluding hydrogens is 254 g/mol. The maximum absolute atomic E-state index is 11.8. The standard InChI is InChI=1S/C11H19N3O5/c12-9(16)2-1-8(10(17)18)13-11(19)14-5-3-7(15)4-6-14/h7-8,15H,1-6H2,(H2,12,16)(H,13,19)(H,17,18)/t8-/m1/s1. The summed E-state index contributed by atoms with van der Waals surface area (Å²) in [6.45, 7) is 0.768. The van der Waals surface area contributed by atoms with Crippen molar-refractivity contribution < 1.29 is 24.6 Å². The zero-order valence-electron chi connectivity index (χ0n) is 10.5. The summed E-state index contributed by atoms with van der Waals surface area (Å²) in [5.74, 6) is -1.81. The number of rotatable bonds is 5. The zero-order chi connectivity index (χ0) is 14.4. The molecule has 3 amide bonds. The number of urea groups is 1. The normalized spacial score (nSPS) is 17.8. The number of likely N-dealkylation sites (tertiary alicyclic amines) is 1. The van der Waals surface area contributed by atoms with Crippen LogP contribution in [0.1, 0.15) is 25.7 Å². The smallest absolute Gasteiger partial charge is 0.326 e.